The first-order valence-electron chi connectivity index (χ1n) is 8.23. The number of carbonyl (C=O) groups is 3. The number of carboxylic acids is 1. The molecule has 0 saturated heterocycles. The molecule has 0 aromatic rings. The molecule has 132 valence electrons. The summed E-state index contributed by atoms with van der Waals surface area (Å²) in [5.74, 6) is -2.25. The van der Waals surface area contributed by atoms with Crippen molar-refractivity contribution in [3.05, 3.63) is 0 Å². The largest absolute Gasteiger partial charge is 0.481 e. The Kier molecular flexibility index (Phi) is 8.02. The van der Waals surface area contributed by atoms with Crippen LogP contribution in [0.15, 0.2) is 0 Å². The van der Waals surface area contributed by atoms with Gasteiger partial charge in [0, 0.05) is 32.4 Å². The SMILES string of the molecule is CC(=O)NCCCCCCC1C(N)CC(C(=O)O)C1OC(C)=O. The van der Waals surface area contributed by atoms with Crippen molar-refractivity contribution in [1.82, 2.24) is 5.32 Å². The second-order valence-corrected chi connectivity index (χ2v) is 6.27. The summed E-state index contributed by atoms with van der Waals surface area (Å²) >= 11 is 0. The number of unbranched alkanes of at least 4 members (excludes halogenated alkanes) is 3. The predicted octanol–water partition coefficient (Wildman–Crippen LogP) is 1.05. The van der Waals surface area contributed by atoms with E-state index in [-0.39, 0.29) is 17.9 Å². The Morgan fingerprint density at radius 3 is 2.39 bits per heavy atom. The van der Waals surface area contributed by atoms with E-state index in [2.05, 4.69) is 5.32 Å². The van der Waals surface area contributed by atoms with Gasteiger partial charge in [-0.05, 0) is 19.3 Å². The number of amides is 1. The molecule has 0 radical (unpaired) electrons. The topological polar surface area (TPSA) is 119 Å². The van der Waals surface area contributed by atoms with Gasteiger partial charge >= 0.3 is 11.9 Å². The highest BCUT2D eigenvalue weighted by atomic mass is 16.5. The summed E-state index contributed by atoms with van der Waals surface area (Å²) in [6.07, 6.45) is 4.27. The van der Waals surface area contributed by atoms with Crippen LogP contribution in [0.3, 0.4) is 0 Å². The summed E-state index contributed by atoms with van der Waals surface area (Å²) in [6.45, 7) is 3.47. The van der Waals surface area contributed by atoms with Crippen molar-refractivity contribution in [2.45, 2.75) is 64.5 Å². The molecule has 0 aromatic carbocycles. The fraction of sp³-hybridized carbons (Fsp3) is 0.812. The van der Waals surface area contributed by atoms with E-state index in [0.29, 0.717) is 13.0 Å². The number of ether oxygens (including phenoxy) is 1. The number of esters is 1. The zero-order valence-electron chi connectivity index (χ0n) is 13.9. The molecule has 23 heavy (non-hydrogen) atoms. The highest BCUT2D eigenvalue weighted by Gasteiger charge is 2.46. The van der Waals surface area contributed by atoms with Crippen LogP contribution in [0.25, 0.3) is 0 Å². The van der Waals surface area contributed by atoms with Crippen LogP contribution < -0.4 is 11.1 Å². The normalized spacial score (nSPS) is 26.7. The Labute approximate surface area is 136 Å². The third kappa shape index (κ3) is 6.56. The molecule has 1 amide bonds. The average molecular weight is 328 g/mol. The molecular weight excluding hydrogens is 300 g/mol. The van der Waals surface area contributed by atoms with Gasteiger partial charge in [-0.25, -0.2) is 0 Å². The van der Waals surface area contributed by atoms with E-state index in [0.717, 1.165) is 32.1 Å². The molecule has 1 aliphatic rings. The van der Waals surface area contributed by atoms with E-state index in [1.165, 1.54) is 13.8 Å². The Morgan fingerprint density at radius 2 is 1.83 bits per heavy atom. The lowest BCUT2D eigenvalue weighted by Gasteiger charge is -2.24. The minimum absolute atomic E-state index is 0.0223. The van der Waals surface area contributed by atoms with Crippen LogP contribution in [0.1, 0.15) is 52.4 Å². The van der Waals surface area contributed by atoms with Crippen LogP contribution in [0.2, 0.25) is 0 Å². The van der Waals surface area contributed by atoms with Gasteiger partial charge in [0.05, 0.1) is 5.92 Å². The summed E-state index contributed by atoms with van der Waals surface area (Å²) < 4.78 is 5.24. The van der Waals surface area contributed by atoms with Crippen LogP contribution in [0.5, 0.6) is 0 Å². The second kappa shape index (κ2) is 9.50. The van der Waals surface area contributed by atoms with Crippen molar-refractivity contribution >= 4 is 17.8 Å². The molecule has 7 heteroatoms. The van der Waals surface area contributed by atoms with E-state index >= 15 is 0 Å². The van der Waals surface area contributed by atoms with E-state index in [1.54, 1.807) is 0 Å². The van der Waals surface area contributed by atoms with Gasteiger partial charge in [-0.3, -0.25) is 14.4 Å². The van der Waals surface area contributed by atoms with Gasteiger partial charge in [0.15, 0.2) is 0 Å². The van der Waals surface area contributed by atoms with E-state index in [9.17, 15) is 19.5 Å². The highest BCUT2D eigenvalue weighted by molar-refractivity contribution is 5.73. The molecule has 7 nitrogen and oxygen atoms in total. The smallest absolute Gasteiger partial charge is 0.310 e. The molecule has 4 unspecified atom stereocenters. The molecule has 1 rings (SSSR count). The number of hydrogen-bond donors (Lipinski definition) is 3. The van der Waals surface area contributed by atoms with E-state index in [1.807, 2.05) is 0 Å². The molecule has 1 saturated carbocycles. The van der Waals surface area contributed by atoms with Crippen molar-refractivity contribution in [2.24, 2.45) is 17.6 Å². The Bertz CT molecular complexity index is 427. The predicted molar refractivity (Wildman–Crippen MR) is 84.5 cm³/mol. The summed E-state index contributed by atoms with van der Waals surface area (Å²) in [4.78, 5) is 33.3. The summed E-state index contributed by atoms with van der Waals surface area (Å²) in [7, 11) is 0. The molecule has 0 heterocycles. The number of carboxylic acid groups (broad SMARTS) is 1. The summed E-state index contributed by atoms with van der Waals surface area (Å²) in [5, 5.41) is 12.0. The van der Waals surface area contributed by atoms with Gasteiger partial charge in [0.2, 0.25) is 5.91 Å². The fourth-order valence-corrected chi connectivity index (χ4v) is 3.25. The van der Waals surface area contributed by atoms with Crippen LogP contribution in [0.4, 0.5) is 0 Å². The minimum atomic E-state index is -0.954. The third-order valence-corrected chi connectivity index (χ3v) is 4.35. The number of nitrogens with two attached hydrogens (primary N) is 1. The van der Waals surface area contributed by atoms with Gasteiger partial charge in [-0.15, -0.1) is 0 Å². The quantitative estimate of drug-likeness (QED) is 0.430. The Morgan fingerprint density at radius 1 is 1.17 bits per heavy atom. The van der Waals surface area contributed by atoms with Crippen molar-refractivity contribution in [3.63, 3.8) is 0 Å². The van der Waals surface area contributed by atoms with Gasteiger partial charge in [-0.2, -0.15) is 0 Å². The summed E-state index contributed by atoms with van der Waals surface area (Å²) in [5.41, 5.74) is 6.07. The maximum Gasteiger partial charge on any atom is 0.310 e. The molecule has 1 fully saturated rings. The molecule has 1 aliphatic carbocycles. The lowest BCUT2D eigenvalue weighted by Crippen LogP contribution is -2.35. The van der Waals surface area contributed by atoms with E-state index in [4.69, 9.17) is 10.5 Å². The van der Waals surface area contributed by atoms with Crippen molar-refractivity contribution < 1.29 is 24.2 Å². The number of carbonyl (C=O) groups excluding carboxylic acids is 2. The van der Waals surface area contributed by atoms with Gasteiger partial charge in [0.1, 0.15) is 6.10 Å². The van der Waals surface area contributed by atoms with Crippen LogP contribution >= 0.6 is 0 Å². The first kappa shape index (κ1) is 19.4. The number of aliphatic carboxylic acids is 1. The average Bonchev–Trinajstić information content (AvgIpc) is 2.74. The van der Waals surface area contributed by atoms with Crippen LogP contribution in [0, 0.1) is 11.8 Å². The second-order valence-electron chi connectivity index (χ2n) is 6.27. The third-order valence-electron chi connectivity index (χ3n) is 4.35. The maximum atomic E-state index is 11.3. The first-order valence-corrected chi connectivity index (χ1v) is 8.23. The van der Waals surface area contributed by atoms with Crippen LogP contribution in [-0.2, 0) is 19.1 Å². The minimum Gasteiger partial charge on any atom is -0.481 e. The van der Waals surface area contributed by atoms with E-state index < -0.39 is 24.0 Å². The van der Waals surface area contributed by atoms with Gasteiger partial charge < -0.3 is 20.9 Å². The fourth-order valence-electron chi connectivity index (χ4n) is 3.25. The monoisotopic (exact) mass is 328 g/mol. The van der Waals surface area contributed by atoms with Gasteiger partial charge in [0.25, 0.3) is 0 Å². The lowest BCUT2D eigenvalue weighted by molar-refractivity contribution is -0.157. The first-order chi connectivity index (χ1) is 10.8. The molecule has 4 N–H and O–H groups in total. The molecule has 4 atom stereocenters. The zero-order valence-corrected chi connectivity index (χ0v) is 13.9. The maximum absolute atomic E-state index is 11.3. The van der Waals surface area contributed by atoms with Crippen molar-refractivity contribution in [1.29, 1.82) is 0 Å². The van der Waals surface area contributed by atoms with Crippen LogP contribution in [-0.4, -0.2) is 41.6 Å². The molecule has 0 bridgehead atoms. The number of hydrogen-bond acceptors (Lipinski definition) is 5. The molecule has 0 aromatic heterocycles. The summed E-state index contributed by atoms with van der Waals surface area (Å²) in [6, 6.07) is -0.250. The molecule has 0 aliphatic heterocycles. The molecular formula is C16H28N2O5. The zero-order chi connectivity index (χ0) is 17.4. The Hall–Kier alpha value is -1.63. The standard InChI is InChI=1S/C16H28N2O5/c1-10(19)18-8-6-4-3-5-7-12-14(17)9-13(16(21)22)15(12)23-11(2)20/h12-15H,3-9,17H2,1-2H3,(H,18,19)(H,21,22). The van der Waals surface area contributed by atoms with Crippen molar-refractivity contribution in [3.8, 4) is 0 Å². The highest BCUT2D eigenvalue weighted by Crippen LogP contribution is 2.36. The molecule has 0 spiro atoms. The van der Waals surface area contributed by atoms with Gasteiger partial charge in [-0.1, -0.05) is 19.3 Å². The number of rotatable bonds is 9. The lowest BCUT2D eigenvalue weighted by atomic mass is 9.93. The Balaban J connectivity index is 2.38. The van der Waals surface area contributed by atoms with Crippen molar-refractivity contribution in [2.75, 3.05) is 6.54 Å². The number of nitrogens with one attached hydrogen (secondary N) is 1.